The van der Waals surface area contributed by atoms with Crippen LogP contribution in [0, 0.1) is 6.92 Å². The number of benzene rings is 1. The summed E-state index contributed by atoms with van der Waals surface area (Å²) in [4.78, 5) is 2.73. The van der Waals surface area contributed by atoms with Crippen molar-refractivity contribution in [3.05, 3.63) is 23.3 Å². The Hall–Kier alpha value is 0.170. The molecule has 1 nitrogen and oxygen atoms in total. The van der Waals surface area contributed by atoms with Crippen molar-refractivity contribution < 1.29 is 0 Å². The van der Waals surface area contributed by atoms with E-state index in [2.05, 4.69) is 38.5 Å². The van der Waals surface area contributed by atoms with Crippen molar-refractivity contribution in [2.75, 3.05) is 12.5 Å². The second kappa shape index (κ2) is 7.49. The SMILES string of the molecule is CSc1cc(CC(C)N)c(SC)cc1C.Cl. The van der Waals surface area contributed by atoms with Gasteiger partial charge in [-0.15, -0.1) is 35.9 Å². The lowest BCUT2D eigenvalue weighted by molar-refractivity contribution is 0.727. The standard InChI is InChI=1S/C12H19NS2.ClH/c1-8-5-12(15-4)10(6-9(2)13)7-11(8)14-3;/h5,7,9H,6,13H2,1-4H3;1H. The number of halogens is 1. The summed E-state index contributed by atoms with van der Waals surface area (Å²) in [6.45, 7) is 4.23. The Morgan fingerprint density at radius 1 is 1.19 bits per heavy atom. The molecule has 0 saturated carbocycles. The molecule has 1 aromatic carbocycles. The van der Waals surface area contributed by atoms with E-state index < -0.39 is 0 Å². The van der Waals surface area contributed by atoms with E-state index in [4.69, 9.17) is 5.73 Å². The molecule has 16 heavy (non-hydrogen) atoms. The molecule has 0 aliphatic heterocycles. The van der Waals surface area contributed by atoms with Crippen LogP contribution in [0.25, 0.3) is 0 Å². The molecule has 1 atom stereocenters. The zero-order valence-electron chi connectivity index (χ0n) is 10.2. The molecular formula is C12H20ClNS2. The van der Waals surface area contributed by atoms with Gasteiger partial charge >= 0.3 is 0 Å². The monoisotopic (exact) mass is 277 g/mol. The van der Waals surface area contributed by atoms with Gasteiger partial charge in [-0.2, -0.15) is 0 Å². The topological polar surface area (TPSA) is 26.0 Å². The van der Waals surface area contributed by atoms with Crippen molar-refractivity contribution in [2.24, 2.45) is 5.73 Å². The summed E-state index contributed by atoms with van der Waals surface area (Å²) in [5.74, 6) is 0. The number of thioether (sulfide) groups is 2. The Labute approximate surface area is 113 Å². The van der Waals surface area contributed by atoms with Gasteiger partial charge in [0.05, 0.1) is 0 Å². The fourth-order valence-electron chi connectivity index (χ4n) is 1.62. The summed E-state index contributed by atoms with van der Waals surface area (Å²) in [7, 11) is 0. The Bertz CT molecular complexity index is 340. The highest BCUT2D eigenvalue weighted by atomic mass is 35.5. The molecule has 0 aliphatic rings. The largest absolute Gasteiger partial charge is 0.328 e. The van der Waals surface area contributed by atoms with Gasteiger partial charge in [0.2, 0.25) is 0 Å². The zero-order valence-corrected chi connectivity index (χ0v) is 12.7. The summed E-state index contributed by atoms with van der Waals surface area (Å²) < 4.78 is 0. The van der Waals surface area contributed by atoms with Crippen LogP contribution in [0.5, 0.6) is 0 Å². The fraction of sp³-hybridized carbons (Fsp3) is 0.500. The van der Waals surface area contributed by atoms with Crippen LogP contribution < -0.4 is 5.73 Å². The summed E-state index contributed by atoms with van der Waals surface area (Å²) in [5.41, 5.74) is 8.60. The highest BCUT2D eigenvalue weighted by molar-refractivity contribution is 7.99. The van der Waals surface area contributed by atoms with Gasteiger partial charge in [0.25, 0.3) is 0 Å². The van der Waals surface area contributed by atoms with Crippen LogP contribution in [-0.4, -0.2) is 18.6 Å². The number of aryl methyl sites for hydroxylation is 1. The Morgan fingerprint density at radius 3 is 2.19 bits per heavy atom. The summed E-state index contributed by atoms with van der Waals surface area (Å²) in [5, 5.41) is 0. The van der Waals surface area contributed by atoms with Gasteiger partial charge in [-0.3, -0.25) is 0 Å². The number of hydrogen-bond acceptors (Lipinski definition) is 3. The van der Waals surface area contributed by atoms with Gasteiger partial charge in [0.15, 0.2) is 0 Å². The Kier molecular flexibility index (Phi) is 7.57. The molecule has 0 aliphatic carbocycles. The molecule has 0 heterocycles. The number of hydrogen-bond donors (Lipinski definition) is 1. The first-order valence-corrected chi connectivity index (χ1v) is 7.50. The molecule has 92 valence electrons. The van der Waals surface area contributed by atoms with Crippen molar-refractivity contribution in [1.82, 2.24) is 0 Å². The van der Waals surface area contributed by atoms with Crippen molar-refractivity contribution in [3.63, 3.8) is 0 Å². The van der Waals surface area contributed by atoms with Gasteiger partial charge < -0.3 is 5.73 Å². The lowest BCUT2D eigenvalue weighted by atomic mass is 10.1. The average Bonchev–Trinajstić information content (AvgIpc) is 2.19. The Balaban J connectivity index is 0.00000225. The van der Waals surface area contributed by atoms with Crippen molar-refractivity contribution in [3.8, 4) is 0 Å². The Morgan fingerprint density at radius 2 is 1.75 bits per heavy atom. The average molecular weight is 278 g/mol. The molecule has 0 aromatic heterocycles. The van der Waals surface area contributed by atoms with Crippen molar-refractivity contribution in [2.45, 2.75) is 36.1 Å². The van der Waals surface area contributed by atoms with Gasteiger partial charge in [-0.1, -0.05) is 0 Å². The van der Waals surface area contributed by atoms with Gasteiger partial charge in [0, 0.05) is 15.8 Å². The number of nitrogens with two attached hydrogens (primary N) is 1. The molecule has 1 unspecified atom stereocenters. The van der Waals surface area contributed by atoms with Crippen molar-refractivity contribution in [1.29, 1.82) is 0 Å². The van der Waals surface area contributed by atoms with E-state index in [-0.39, 0.29) is 18.4 Å². The predicted octanol–water partition coefficient (Wildman–Crippen LogP) is 3.75. The third-order valence-electron chi connectivity index (χ3n) is 2.34. The van der Waals surface area contributed by atoms with Crippen LogP contribution in [-0.2, 0) is 6.42 Å². The molecule has 2 N–H and O–H groups in total. The van der Waals surface area contributed by atoms with E-state index in [1.165, 1.54) is 20.9 Å². The lowest BCUT2D eigenvalue weighted by Crippen LogP contribution is -2.18. The van der Waals surface area contributed by atoms with E-state index in [1.807, 2.05) is 0 Å². The second-order valence-corrected chi connectivity index (χ2v) is 5.51. The van der Waals surface area contributed by atoms with E-state index in [1.54, 1.807) is 23.5 Å². The zero-order chi connectivity index (χ0) is 11.4. The normalized spacial score (nSPS) is 12.1. The maximum atomic E-state index is 5.86. The molecule has 1 rings (SSSR count). The lowest BCUT2D eigenvalue weighted by Gasteiger charge is -2.13. The first-order chi connectivity index (χ1) is 7.08. The van der Waals surface area contributed by atoms with Crippen LogP contribution in [0.15, 0.2) is 21.9 Å². The van der Waals surface area contributed by atoms with Crippen LogP contribution >= 0.6 is 35.9 Å². The fourth-order valence-corrected chi connectivity index (χ4v) is 2.96. The molecule has 0 bridgehead atoms. The highest BCUT2D eigenvalue weighted by Gasteiger charge is 2.08. The first kappa shape index (κ1) is 16.2. The maximum absolute atomic E-state index is 5.86. The van der Waals surface area contributed by atoms with Crippen LogP contribution in [0.2, 0.25) is 0 Å². The smallest absolute Gasteiger partial charge is 0.0105 e. The molecule has 4 heteroatoms. The minimum Gasteiger partial charge on any atom is -0.328 e. The molecular weight excluding hydrogens is 258 g/mol. The van der Waals surface area contributed by atoms with E-state index >= 15 is 0 Å². The van der Waals surface area contributed by atoms with Gasteiger partial charge in [0.1, 0.15) is 0 Å². The molecule has 0 saturated heterocycles. The van der Waals surface area contributed by atoms with Gasteiger partial charge in [-0.05, 0) is 56.0 Å². The maximum Gasteiger partial charge on any atom is 0.0105 e. The first-order valence-electron chi connectivity index (χ1n) is 5.05. The van der Waals surface area contributed by atoms with E-state index in [9.17, 15) is 0 Å². The minimum atomic E-state index is 0. The van der Waals surface area contributed by atoms with Crippen molar-refractivity contribution >= 4 is 35.9 Å². The van der Waals surface area contributed by atoms with E-state index in [0.717, 1.165) is 6.42 Å². The molecule has 0 amide bonds. The second-order valence-electron chi connectivity index (χ2n) is 3.82. The van der Waals surface area contributed by atoms with Gasteiger partial charge in [-0.25, -0.2) is 0 Å². The quantitative estimate of drug-likeness (QED) is 0.849. The molecule has 0 spiro atoms. The summed E-state index contributed by atoms with van der Waals surface area (Å²) >= 11 is 3.61. The molecule has 1 aromatic rings. The molecule has 0 radical (unpaired) electrons. The third-order valence-corrected chi connectivity index (χ3v) is 4.04. The summed E-state index contributed by atoms with van der Waals surface area (Å²) in [6.07, 6.45) is 5.21. The predicted molar refractivity (Wildman–Crippen MR) is 79.3 cm³/mol. The molecule has 0 fully saturated rings. The summed E-state index contributed by atoms with van der Waals surface area (Å²) in [6, 6.07) is 4.79. The van der Waals surface area contributed by atoms with Crippen LogP contribution in [0.3, 0.4) is 0 Å². The van der Waals surface area contributed by atoms with Crippen LogP contribution in [0.1, 0.15) is 18.1 Å². The van der Waals surface area contributed by atoms with E-state index in [0.29, 0.717) is 0 Å². The number of rotatable bonds is 4. The van der Waals surface area contributed by atoms with Crippen LogP contribution in [0.4, 0.5) is 0 Å². The highest BCUT2D eigenvalue weighted by Crippen LogP contribution is 2.29. The third kappa shape index (κ3) is 4.21. The minimum absolute atomic E-state index is 0.